The van der Waals surface area contributed by atoms with Crippen LogP contribution in [0.4, 0.5) is 26.3 Å². The molecule has 0 heterocycles. The first-order valence-electron chi connectivity index (χ1n) is 2.59. The molecular weight excluding hydrogens is 194 g/mol. The summed E-state index contributed by atoms with van der Waals surface area (Å²) in [4.78, 5) is 0. The van der Waals surface area contributed by atoms with E-state index in [-0.39, 0.29) is 0 Å². The van der Waals surface area contributed by atoms with Gasteiger partial charge in [-0.2, -0.15) is 13.2 Å². The van der Waals surface area contributed by atoms with Gasteiger partial charge in [-0.15, -0.1) is 13.2 Å². The molecular formula is C4H4F6O2. The first-order valence-corrected chi connectivity index (χ1v) is 2.59. The molecule has 0 aromatic carbocycles. The Balaban J connectivity index is 4.20. The van der Waals surface area contributed by atoms with E-state index in [1.807, 2.05) is 0 Å². The Labute approximate surface area is 62.7 Å². The van der Waals surface area contributed by atoms with E-state index in [0.717, 1.165) is 0 Å². The maximum Gasteiger partial charge on any atom is 0.523 e. The van der Waals surface area contributed by atoms with Gasteiger partial charge in [0.1, 0.15) is 0 Å². The van der Waals surface area contributed by atoms with Crippen molar-refractivity contribution in [2.24, 2.45) is 0 Å². The third kappa shape index (κ3) is 4.39. The fraction of sp³-hybridized carbons (Fsp3) is 1.00. The average Bonchev–Trinajstić information content (AvgIpc) is 1.78. The number of aliphatic hydroxyl groups is 1. The van der Waals surface area contributed by atoms with Gasteiger partial charge in [-0.25, -0.2) is 0 Å². The van der Waals surface area contributed by atoms with Gasteiger partial charge in [-0.3, -0.25) is 4.74 Å². The van der Waals surface area contributed by atoms with Gasteiger partial charge < -0.3 is 5.11 Å². The highest BCUT2D eigenvalue weighted by molar-refractivity contribution is 4.66. The molecule has 0 aliphatic carbocycles. The number of alkyl halides is 6. The normalized spacial score (nSPS) is 16.2. The minimum Gasteiger partial charge on any atom is -0.393 e. The molecule has 0 aliphatic heterocycles. The van der Waals surface area contributed by atoms with Crippen molar-refractivity contribution in [3.05, 3.63) is 0 Å². The summed E-state index contributed by atoms with van der Waals surface area (Å²) < 4.78 is 70.5. The van der Waals surface area contributed by atoms with E-state index in [1.54, 1.807) is 0 Å². The Morgan fingerprint density at radius 3 is 1.58 bits per heavy atom. The number of hydrogen-bond donors (Lipinski definition) is 1. The van der Waals surface area contributed by atoms with Crippen LogP contribution in [-0.4, -0.2) is 30.4 Å². The summed E-state index contributed by atoms with van der Waals surface area (Å²) in [5, 5.41) is 7.88. The lowest BCUT2D eigenvalue weighted by Gasteiger charge is -2.19. The monoisotopic (exact) mass is 198 g/mol. The van der Waals surface area contributed by atoms with E-state index in [9.17, 15) is 26.3 Å². The highest BCUT2D eigenvalue weighted by atomic mass is 19.4. The van der Waals surface area contributed by atoms with Gasteiger partial charge in [0, 0.05) is 0 Å². The van der Waals surface area contributed by atoms with E-state index in [2.05, 4.69) is 4.74 Å². The zero-order valence-corrected chi connectivity index (χ0v) is 5.41. The minimum absolute atomic E-state index is 1.76. The van der Waals surface area contributed by atoms with Crippen molar-refractivity contribution in [3.8, 4) is 0 Å². The Morgan fingerprint density at radius 1 is 1.08 bits per heavy atom. The van der Waals surface area contributed by atoms with Crippen LogP contribution in [0.15, 0.2) is 0 Å². The molecule has 0 bridgehead atoms. The summed E-state index contributed by atoms with van der Waals surface area (Å²) in [6, 6.07) is 0. The molecule has 1 atom stereocenters. The molecule has 12 heavy (non-hydrogen) atoms. The first-order chi connectivity index (χ1) is 5.17. The summed E-state index contributed by atoms with van der Waals surface area (Å²) >= 11 is 0. The number of rotatable bonds is 2. The molecule has 2 nitrogen and oxygen atoms in total. The predicted octanol–water partition coefficient (Wildman–Crippen LogP) is 1.45. The lowest BCUT2D eigenvalue weighted by atomic mass is 10.4. The molecule has 0 spiro atoms. The van der Waals surface area contributed by atoms with E-state index >= 15 is 0 Å². The highest BCUT2D eigenvalue weighted by Crippen LogP contribution is 2.28. The van der Waals surface area contributed by atoms with Crippen LogP contribution in [0.5, 0.6) is 0 Å². The third-order valence-corrected chi connectivity index (χ3v) is 0.807. The molecule has 0 aromatic rings. The van der Waals surface area contributed by atoms with Crippen LogP contribution in [-0.2, 0) is 4.74 Å². The van der Waals surface area contributed by atoms with Crippen molar-refractivity contribution in [1.82, 2.24) is 0 Å². The van der Waals surface area contributed by atoms with E-state index in [0.29, 0.717) is 0 Å². The highest BCUT2D eigenvalue weighted by Gasteiger charge is 2.47. The Hall–Kier alpha value is -0.500. The molecule has 0 saturated heterocycles. The molecule has 0 saturated carbocycles. The van der Waals surface area contributed by atoms with Crippen molar-refractivity contribution in [1.29, 1.82) is 0 Å². The van der Waals surface area contributed by atoms with E-state index in [1.165, 1.54) is 0 Å². The minimum atomic E-state index is -5.40. The van der Waals surface area contributed by atoms with E-state index in [4.69, 9.17) is 5.11 Å². The first kappa shape index (κ1) is 11.5. The van der Waals surface area contributed by atoms with Crippen LogP contribution in [0, 0.1) is 0 Å². The van der Waals surface area contributed by atoms with Crippen LogP contribution >= 0.6 is 0 Å². The van der Waals surface area contributed by atoms with Crippen LogP contribution in [0.3, 0.4) is 0 Å². The predicted molar refractivity (Wildman–Crippen MR) is 24.1 cm³/mol. The second-order valence-corrected chi connectivity index (χ2v) is 1.78. The Morgan fingerprint density at radius 2 is 1.50 bits per heavy atom. The molecule has 74 valence electrons. The van der Waals surface area contributed by atoms with Crippen molar-refractivity contribution in [2.45, 2.75) is 18.6 Å². The molecule has 1 N–H and O–H groups in total. The summed E-state index contributed by atoms with van der Waals surface area (Å²) in [5.74, 6) is 0. The molecule has 0 radical (unpaired) electrons. The molecule has 8 heteroatoms. The quantitative estimate of drug-likeness (QED) is 0.680. The Bertz CT molecular complexity index is 137. The van der Waals surface area contributed by atoms with Gasteiger partial charge in [-0.05, 0) is 0 Å². The molecule has 1 unspecified atom stereocenters. The third-order valence-electron chi connectivity index (χ3n) is 0.807. The SMILES string of the molecule is OCC(OC(F)(F)F)C(F)(F)F. The van der Waals surface area contributed by atoms with E-state index < -0.39 is 25.2 Å². The van der Waals surface area contributed by atoms with Gasteiger partial charge in [0.05, 0.1) is 6.61 Å². The number of hydrogen-bond acceptors (Lipinski definition) is 2. The topological polar surface area (TPSA) is 29.5 Å². The van der Waals surface area contributed by atoms with Crippen molar-refractivity contribution in [2.75, 3.05) is 6.61 Å². The fourth-order valence-electron chi connectivity index (χ4n) is 0.369. The summed E-state index contributed by atoms with van der Waals surface area (Å²) in [6.45, 7) is -1.76. The van der Waals surface area contributed by atoms with Gasteiger partial charge in [0.2, 0.25) is 0 Å². The van der Waals surface area contributed by atoms with Gasteiger partial charge in [0.15, 0.2) is 6.10 Å². The molecule has 0 amide bonds. The average molecular weight is 198 g/mol. The van der Waals surface area contributed by atoms with Crippen molar-refractivity contribution in [3.63, 3.8) is 0 Å². The summed E-state index contributed by atoms with van der Waals surface area (Å²) in [5.41, 5.74) is 0. The van der Waals surface area contributed by atoms with Crippen LogP contribution < -0.4 is 0 Å². The smallest absolute Gasteiger partial charge is 0.393 e. The molecule has 0 fully saturated rings. The molecule has 0 aromatic heterocycles. The zero-order chi connectivity index (χ0) is 9.99. The maximum absolute atomic E-state index is 11.5. The maximum atomic E-state index is 11.5. The van der Waals surface area contributed by atoms with Crippen molar-refractivity contribution >= 4 is 0 Å². The van der Waals surface area contributed by atoms with Crippen LogP contribution in [0.25, 0.3) is 0 Å². The second kappa shape index (κ2) is 3.48. The standard InChI is InChI=1S/C4H4F6O2/c5-3(6,7)2(1-11)12-4(8,9)10/h2,11H,1H2. The van der Waals surface area contributed by atoms with Gasteiger partial charge in [-0.1, -0.05) is 0 Å². The molecule has 0 aliphatic rings. The number of aliphatic hydroxyl groups excluding tert-OH is 1. The summed E-state index contributed by atoms with van der Waals surface area (Å²) in [7, 11) is 0. The Kier molecular flexibility index (Phi) is 3.34. The van der Waals surface area contributed by atoms with Gasteiger partial charge in [0.25, 0.3) is 0 Å². The zero-order valence-electron chi connectivity index (χ0n) is 5.41. The number of ether oxygens (including phenoxy) is 1. The second-order valence-electron chi connectivity index (χ2n) is 1.78. The largest absolute Gasteiger partial charge is 0.523 e. The van der Waals surface area contributed by atoms with Gasteiger partial charge >= 0.3 is 12.5 Å². The fourth-order valence-corrected chi connectivity index (χ4v) is 0.369. The lowest BCUT2D eigenvalue weighted by molar-refractivity contribution is -0.383. The van der Waals surface area contributed by atoms with Crippen LogP contribution in [0.1, 0.15) is 0 Å². The van der Waals surface area contributed by atoms with Crippen LogP contribution in [0.2, 0.25) is 0 Å². The molecule has 0 rings (SSSR count). The van der Waals surface area contributed by atoms with Crippen molar-refractivity contribution < 1.29 is 36.2 Å². The summed E-state index contributed by atoms with van der Waals surface area (Å²) in [6.07, 6.45) is -13.8. The lowest BCUT2D eigenvalue weighted by Crippen LogP contribution is -2.39. The number of halogens is 6.